The molecule has 24 heavy (non-hydrogen) atoms. The Morgan fingerprint density at radius 3 is 2.21 bits per heavy atom. The Hall–Kier alpha value is -2.58. The first-order valence-corrected chi connectivity index (χ1v) is 9.25. The van der Waals surface area contributed by atoms with Crippen LogP contribution in [0.1, 0.15) is 16.7 Å². The van der Waals surface area contributed by atoms with Crippen LogP contribution >= 0.6 is 11.3 Å². The van der Waals surface area contributed by atoms with E-state index in [-0.39, 0.29) is 20.5 Å². The number of carbonyl (C=O) groups excluding carboxylic acids is 1. The van der Waals surface area contributed by atoms with Gasteiger partial charge in [0.25, 0.3) is 10.0 Å². The van der Waals surface area contributed by atoms with Crippen LogP contribution in [0.2, 0.25) is 0 Å². The van der Waals surface area contributed by atoms with E-state index in [4.69, 9.17) is 0 Å². The van der Waals surface area contributed by atoms with E-state index >= 15 is 0 Å². The number of sulfonamides is 1. The Morgan fingerprint density at radius 1 is 1.04 bits per heavy atom. The average molecular weight is 359 g/mol. The van der Waals surface area contributed by atoms with Crippen molar-refractivity contribution in [3.8, 4) is 5.69 Å². The van der Waals surface area contributed by atoms with Gasteiger partial charge in [0, 0.05) is 6.92 Å². The highest BCUT2D eigenvalue weighted by Crippen LogP contribution is 2.12. The molecule has 0 saturated heterocycles. The van der Waals surface area contributed by atoms with E-state index in [9.17, 15) is 13.2 Å². The molecule has 0 N–H and O–H groups in total. The van der Waals surface area contributed by atoms with Crippen molar-refractivity contribution < 1.29 is 13.2 Å². The third-order valence-electron chi connectivity index (χ3n) is 3.10. The molecule has 0 aliphatic rings. The zero-order valence-corrected chi connectivity index (χ0v) is 14.3. The highest BCUT2D eigenvalue weighted by molar-refractivity contribution is 7.90. The largest absolute Gasteiger partial charge is 0.292 e. The number of para-hydroxylation sites is 1. The molecule has 0 bridgehead atoms. The topological polar surface area (TPSA) is 81.4 Å². The van der Waals surface area contributed by atoms with Gasteiger partial charge in [0.15, 0.2) is 10.8 Å². The van der Waals surface area contributed by atoms with Crippen LogP contribution in [0, 0.1) is 0 Å². The molecule has 0 fully saturated rings. The molecule has 2 aromatic carbocycles. The van der Waals surface area contributed by atoms with Gasteiger partial charge < -0.3 is 0 Å². The summed E-state index contributed by atoms with van der Waals surface area (Å²) in [6.45, 7) is 1.38. The number of nitrogens with zero attached hydrogens (tertiary/aromatic N) is 3. The van der Waals surface area contributed by atoms with Crippen LogP contribution < -0.4 is 4.80 Å². The summed E-state index contributed by atoms with van der Waals surface area (Å²) in [7, 11) is -3.89. The predicted molar refractivity (Wildman–Crippen MR) is 90.6 cm³/mol. The number of Topliss-reactive ketones (excluding diaryl/α,β-unsaturated/α-hetero) is 1. The monoisotopic (exact) mass is 359 g/mol. The molecular weight excluding hydrogens is 346 g/mol. The minimum absolute atomic E-state index is 0.0855. The number of ketones is 1. The second-order valence-electron chi connectivity index (χ2n) is 4.87. The van der Waals surface area contributed by atoms with Crippen LogP contribution in [-0.4, -0.2) is 24.0 Å². The molecule has 122 valence electrons. The zero-order chi connectivity index (χ0) is 17.2. The minimum atomic E-state index is -3.89. The van der Waals surface area contributed by atoms with Gasteiger partial charge in [-0.1, -0.05) is 47.7 Å². The summed E-state index contributed by atoms with van der Waals surface area (Å²) in [5.41, 5.74) is 0.628. The third kappa shape index (κ3) is 3.34. The normalized spacial score (nSPS) is 12.3. The van der Waals surface area contributed by atoms with Crippen molar-refractivity contribution in [3.63, 3.8) is 0 Å². The molecule has 8 heteroatoms. The summed E-state index contributed by atoms with van der Waals surface area (Å²) >= 11 is 0.940. The van der Waals surface area contributed by atoms with Crippen LogP contribution in [0.15, 0.2) is 70.0 Å². The van der Waals surface area contributed by atoms with Crippen LogP contribution in [0.25, 0.3) is 5.69 Å². The van der Waals surface area contributed by atoms with E-state index in [2.05, 4.69) is 9.50 Å². The fraction of sp³-hybridized carbons (Fsp3) is 0.0625. The van der Waals surface area contributed by atoms with E-state index in [0.29, 0.717) is 5.69 Å². The van der Waals surface area contributed by atoms with Gasteiger partial charge in [-0.2, -0.15) is 13.5 Å². The van der Waals surface area contributed by atoms with Crippen molar-refractivity contribution in [2.45, 2.75) is 11.8 Å². The smallest absolute Gasteiger partial charge is 0.285 e. The second-order valence-corrected chi connectivity index (χ2v) is 7.43. The number of hydrogen-bond donors (Lipinski definition) is 0. The summed E-state index contributed by atoms with van der Waals surface area (Å²) in [5.74, 6) is -0.247. The molecule has 0 unspecified atom stereocenters. The Balaban J connectivity index is 2.22. The van der Waals surface area contributed by atoms with Gasteiger partial charge >= 0.3 is 0 Å². The SMILES string of the molecule is CC(=O)c1nn(-c2ccccc2)/c(=N/S(=O)(=O)c2ccccc2)s1. The van der Waals surface area contributed by atoms with E-state index in [1.54, 1.807) is 42.5 Å². The van der Waals surface area contributed by atoms with Gasteiger partial charge in [0.1, 0.15) is 0 Å². The summed E-state index contributed by atoms with van der Waals surface area (Å²) < 4.78 is 30.2. The van der Waals surface area contributed by atoms with Gasteiger partial charge in [-0.3, -0.25) is 4.79 Å². The number of hydrogen-bond acceptors (Lipinski definition) is 5. The Labute approximate surface area is 142 Å². The van der Waals surface area contributed by atoms with Gasteiger partial charge in [-0.15, -0.1) is 4.40 Å². The summed E-state index contributed by atoms with van der Waals surface area (Å²) in [4.78, 5) is 11.8. The molecule has 1 aromatic heterocycles. The third-order valence-corrected chi connectivity index (χ3v) is 5.51. The molecule has 0 atom stereocenters. The molecule has 0 aliphatic heterocycles. The van der Waals surface area contributed by atoms with Crippen LogP contribution in [0.3, 0.4) is 0 Å². The molecule has 0 radical (unpaired) electrons. The summed E-state index contributed by atoms with van der Waals surface area (Å²) in [5, 5.41) is 4.38. The van der Waals surface area contributed by atoms with Crippen LogP contribution in [0.4, 0.5) is 0 Å². The van der Waals surface area contributed by atoms with Gasteiger partial charge in [0.05, 0.1) is 10.6 Å². The Bertz CT molecular complexity index is 1040. The zero-order valence-electron chi connectivity index (χ0n) is 12.7. The van der Waals surface area contributed by atoms with Crippen molar-refractivity contribution in [2.75, 3.05) is 0 Å². The maximum Gasteiger partial charge on any atom is 0.285 e. The maximum absolute atomic E-state index is 12.5. The lowest BCUT2D eigenvalue weighted by molar-refractivity contribution is 0.101. The fourth-order valence-electron chi connectivity index (χ4n) is 1.97. The van der Waals surface area contributed by atoms with Gasteiger partial charge in [-0.25, -0.2) is 4.68 Å². The van der Waals surface area contributed by atoms with Crippen LogP contribution in [-0.2, 0) is 10.0 Å². The lowest BCUT2D eigenvalue weighted by atomic mass is 10.3. The first-order valence-electron chi connectivity index (χ1n) is 7.00. The average Bonchev–Trinajstić information content (AvgIpc) is 3.00. The fourth-order valence-corrected chi connectivity index (χ4v) is 3.97. The first-order chi connectivity index (χ1) is 11.5. The molecule has 6 nitrogen and oxygen atoms in total. The van der Waals surface area contributed by atoms with Gasteiger partial charge in [-0.05, 0) is 24.3 Å². The molecule has 3 aromatic rings. The van der Waals surface area contributed by atoms with E-state index in [1.807, 2.05) is 6.07 Å². The standard InChI is InChI=1S/C16H13N3O3S2/c1-12(20)15-17-19(13-8-4-2-5-9-13)16(23-15)18-24(21,22)14-10-6-3-7-11-14/h2-11H,1H3/b18-16-. The van der Waals surface area contributed by atoms with E-state index in [1.165, 1.54) is 23.7 Å². The van der Waals surface area contributed by atoms with Crippen molar-refractivity contribution in [1.82, 2.24) is 9.78 Å². The summed E-state index contributed by atoms with van der Waals surface area (Å²) in [6, 6.07) is 16.9. The second kappa shape index (κ2) is 6.50. The molecule has 0 saturated carbocycles. The number of carbonyl (C=O) groups is 1. The highest BCUT2D eigenvalue weighted by Gasteiger charge is 2.16. The first kappa shape index (κ1) is 16.3. The Morgan fingerprint density at radius 2 is 1.62 bits per heavy atom. The molecule has 0 aliphatic carbocycles. The number of benzene rings is 2. The van der Waals surface area contributed by atoms with Crippen molar-refractivity contribution in [3.05, 3.63) is 70.5 Å². The van der Waals surface area contributed by atoms with Gasteiger partial charge in [0.2, 0.25) is 4.80 Å². The lowest BCUT2D eigenvalue weighted by Gasteiger charge is -2.01. The molecular formula is C16H13N3O3S2. The summed E-state index contributed by atoms with van der Waals surface area (Å²) in [6.07, 6.45) is 0. The molecule has 0 amide bonds. The minimum Gasteiger partial charge on any atom is -0.292 e. The van der Waals surface area contributed by atoms with E-state index < -0.39 is 10.0 Å². The number of aromatic nitrogens is 2. The predicted octanol–water partition coefficient (Wildman–Crippen LogP) is 2.43. The maximum atomic E-state index is 12.5. The Kier molecular flexibility index (Phi) is 4.41. The molecule has 1 heterocycles. The van der Waals surface area contributed by atoms with Crippen molar-refractivity contribution in [2.24, 2.45) is 4.40 Å². The number of rotatable bonds is 4. The lowest BCUT2D eigenvalue weighted by Crippen LogP contribution is -2.16. The van der Waals surface area contributed by atoms with E-state index in [0.717, 1.165) is 11.3 Å². The molecule has 0 spiro atoms. The van der Waals surface area contributed by atoms with Crippen molar-refractivity contribution in [1.29, 1.82) is 0 Å². The molecule has 3 rings (SSSR count). The van der Waals surface area contributed by atoms with Crippen LogP contribution in [0.5, 0.6) is 0 Å². The highest BCUT2D eigenvalue weighted by atomic mass is 32.2. The van der Waals surface area contributed by atoms with Crippen molar-refractivity contribution >= 4 is 27.1 Å². The quantitative estimate of drug-likeness (QED) is 0.670.